The highest BCUT2D eigenvalue weighted by Gasteiger charge is 2.35. The number of amides is 2. The fourth-order valence-corrected chi connectivity index (χ4v) is 3.84. The molecule has 2 aromatic carbocycles. The van der Waals surface area contributed by atoms with Crippen LogP contribution in [0, 0.1) is 12.8 Å². The Bertz CT molecular complexity index is 1130. The van der Waals surface area contributed by atoms with Crippen LogP contribution in [0.2, 0.25) is 0 Å². The van der Waals surface area contributed by atoms with Crippen molar-refractivity contribution in [2.45, 2.75) is 33.7 Å². The molecule has 0 bridgehead atoms. The maximum absolute atomic E-state index is 13.0. The average Bonchev–Trinajstić information content (AvgIpc) is 3.26. The van der Waals surface area contributed by atoms with Gasteiger partial charge in [-0.1, -0.05) is 48.8 Å². The summed E-state index contributed by atoms with van der Waals surface area (Å²) in [6.45, 7) is 8.74. The number of carbonyl (C=O) groups is 1. The second kappa shape index (κ2) is 8.86. The third kappa shape index (κ3) is 4.23. The van der Waals surface area contributed by atoms with E-state index in [1.54, 1.807) is 12.0 Å². The lowest BCUT2D eigenvalue weighted by Crippen LogP contribution is -2.47. The molecule has 1 aliphatic rings. The molecular formula is C25H28N4O3. The Hall–Kier alpha value is -3.61. The number of methoxy groups -OCH3 is 1. The number of rotatable bonds is 6. The van der Waals surface area contributed by atoms with Crippen LogP contribution < -0.4 is 10.1 Å². The molecule has 1 aliphatic heterocycles. The van der Waals surface area contributed by atoms with Gasteiger partial charge in [-0.15, -0.1) is 0 Å². The van der Waals surface area contributed by atoms with Crippen molar-refractivity contribution in [1.29, 1.82) is 0 Å². The van der Waals surface area contributed by atoms with Gasteiger partial charge in [-0.05, 0) is 49.6 Å². The molecule has 1 atom stereocenters. The zero-order valence-electron chi connectivity index (χ0n) is 19.0. The Balaban J connectivity index is 1.78. The highest BCUT2D eigenvalue weighted by molar-refractivity contribution is 5.86. The first-order valence-corrected chi connectivity index (χ1v) is 10.7. The van der Waals surface area contributed by atoms with Crippen LogP contribution >= 0.6 is 0 Å². The van der Waals surface area contributed by atoms with Gasteiger partial charge in [0.2, 0.25) is 5.82 Å². The van der Waals surface area contributed by atoms with Crippen molar-refractivity contribution in [3.05, 3.63) is 71.2 Å². The van der Waals surface area contributed by atoms with E-state index in [4.69, 9.17) is 9.26 Å². The minimum absolute atomic E-state index is 0.125. The van der Waals surface area contributed by atoms with E-state index in [9.17, 15) is 4.79 Å². The molecule has 0 spiro atoms. The Labute approximate surface area is 188 Å². The molecule has 4 rings (SSSR count). The lowest BCUT2D eigenvalue weighted by atomic mass is 9.94. The quantitative estimate of drug-likeness (QED) is 0.579. The van der Waals surface area contributed by atoms with Gasteiger partial charge in [0.05, 0.1) is 18.7 Å². The summed E-state index contributed by atoms with van der Waals surface area (Å²) in [4.78, 5) is 19.4. The zero-order valence-corrected chi connectivity index (χ0v) is 19.0. The summed E-state index contributed by atoms with van der Waals surface area (Å²) >= 11 is 0. The lowest BCUT2D eigenvalue weighted by Gasteiger charge is -2.36. The minimum atomic E-state index is -0.379. The van der Waals surface area contributed by atoms with Crippen LogP contribution in [0.1, 0.15) is 43.8 Å². The summed E-state index contributed by atoms with van der Waals surface area (Å²) in [5.74, 6) is 1.95. The van der Waals surface area contributed by atoms with Gasteiger partial charge in [-0.3, -0.25) is 4.90 Å². The molecule has 7 nitrogen and oxygen atoms in total. The van der Waals surface area contributed by atoms with Crippen molar-refractivity contribution < 1.29 is 14.1 Å². The fraction of sp³-hybridized carbons (Fsp3) is 0.320. The molecule has 0 aliphatic carbocycles. The van der Waals surface area contributed by atoms with E-state index in [-0.39, 0.29) is 12.1 Å². The Kier molecular flexibility index (Phi) is 5.99. The molecule has 166 valence electrons. The van der Waals surface area contributed by atoms with Gasteiger partial charge in [0.15, 0.2) is 0 Å². The Morgan fingerprint density at radius 1 is 1.09 bits per heavy atom. The third-order valence-corrected chi connectivity index (χ3v) is 5.56. The molecule has 0 saturated heterocycles. The number of aromatic nitrogens is 2. The van der Waals surface area contributed by atoms with Crippen molar-refractivity contribution in [3.8, 4) is 17.1 Å². The number of nitrogens with zero attached hydrogens (tertiary/aromatic N) is 3. The lowest BCUT2D eigenvalue weighted by molar-refractivity contribution is 0.199. The van der Waals surface area contributed by atoms with E-state index in [2.05, 4.69) is 29.3 Å². The molecule has 1 N–H and O–H groups in total. The topological polar surface area (TPSA) is 80.5 Å². The number of allylic oxidation sites excluding steroid dienone is 1. The van der Waals surface area contributed by atoms with Crippen molar-refractivity contribution in [3.63, 3.8) is 0 Å². The first-order chi connectivity index (χ1) is 15.4. The molecule has 1 unspecified atom stereocenters. The van der Waals surface area contributed by atoms with Crippen molar-refractivity contribution >= 4 is 11.6 Å². The van der Waals surface area contributed by atoms with Crippen LogP contribution in [0.4, 0.5) is 4.79 Å². The molecular weight excluding hydrogens is 404 g/mol. The van der Waals surface area contributed by atoms with Crippen LogP contribution in [0.3, 0.4) is 0 Å². The van der Waals surface area contributed by atoms with Gasteiger partial charge in [-0.25, -0.2) is 4.79 Å². The molecule has 32 heavy (non-hydrogen) atoms. The normalized spacial score (nSPS) is 16.5. The molecule has 1 aromatic heterocycles. The molecule has 7 heteroatoms. The third-order valence-electron chi connectivity index (χ3n) is 5.56. The number of benzene rings is 2. The molecule has 0 saturated carbocycles. The maximum atomic E-state index is 13.0. The van der Waals surface area contributed by atoms with Crippen LogP contribution in [0.25, 0.3) is 17.0 Å². The van der Waals surface area contributed by atoms with Gasteiger partial charge < -0.3 is 14.6 Å². The predicted octanol–water partition coefficient (Wildman–Crippen LogP) is 5.21. The van der Waals surface area contributed by atoms with Crippen molar-refractivity contribution in [2.24, 2.45) is 5.92 Å². The predicted molar refractivity (Wildman–Crippen MR) is 123 cm³/mol. The zero-order chi connectivity index (χ0) is 22.8. The van der Waals surface area contributed by atoms with Gasteiger partial charge in [-0.2, -0.15) is 4.98 Å². The smallest absolute Gasteiger partial charge is 0.322 e. The van der Waals surface area contributed by atoms with Crippen molar-refractivity contribution in [1.82, 2.24) is 20.4 Å². The van der Waals surface area contributed by atoms with E-state index < -0.39 is 0 Å². The summed E-state index contributed by atoms with van der Waals surface area (Å²) in [6, 6.07) is 15.1. The average molecular weight is 433 g/mol. The summed E-state index contributed by atoms with van der Waals surface area (Å²) in [5.41, 5.74) is 4.56. The molecule has 2 heterocycles. The van der Waals surface area contributed by atoms with E-state index in [1.807, 2.05) is 62.4 Å². The number of ether oxygens (including phenoxy) is 1. The number of urea groups is 1. The Morgan fingerprint density at radius 3 is 2.41 bits per heavy atom. The first kappa shape index (κ1) is 21.6. The van der Waals surface area contributed by atoms with Crippen LogP contribution in [0.15, 0.2) is 58.8 Å². The monoisotopic (exact) mass is 432 g/mol. The number of carbonyl (C=O) groups excluding carboxylic acids is 1. The van der Waals surface area contributed by atoms with E-state index in [0.717, 1.165) is 33.7 Å². The summed E-state index contributed by atoms with van der Waals surface area (Å²) in [6.07, 6.45) is 0. The second-order valence-electron chi connectivity index (χ2n) is 8.45. The molecule has 3 aromatic rings. The van der Waals surface area contributed by atoms with Crippen LogP contribution in [-0.2, 0) is 0 Å². The van der Waals surface area contributed by atoms with Gasteiger partial charge in [0.1, 0.15) is 5.75 Å². The maximum Gasteiger partial charge on any atom is 0.322 e. The summed E-state index contributed by atoms with van der Waals surface area (Å²) < 4.78 is 10.9. The van der Waals surface area contributed by atoms with E-state index in [1.165, 1.54) is 0 Å². The minimum Gasteiger partial charge on any atom is -0.497 e. The highest BCUT2D eigenvalue weighted by Crippen LogP contribution is 2.37. The highest BCUT2D eigenvalue weighted by atomic mass is 16.5. The largest absolute Gasteiger partial charge is 0.497 e. The van der Waals surface area contributed by atoms with Gasteiger partial charge in [0.25, 0.3) is 5.89 Å². The first-order valence-electron chi connectivity index (χ1n) is 10.7. The molecule has 0 radical (unpaired) electrons. The van der Waals surface area contributed by atoms with Gasteiger partial charge >= 0.3 is 6.03 Å². The molecule has 0 fully saturated rings. The Morgan fingerprint density at radius 2 is 1.78 bits per heavy atom. The summed E-state index contributed by atoms with van der Waals surface area (Å²) in [7, 11) is 1.63. The SMILES string of the molecule is COc1ccc(-c2noc(C3=C(C)N(CC(C)C)C(=O)NC3c3ccc(C)cc3)n2)cc1. The second-order valence-corrected chi connectivity index (χ2v) is 8.45. The number of aryl methyl sites for hydroxylation is 1. The van der Waals surface area contributed by atoms with E-state index in [0.29, 0.717) is 24.2 Å². The van der Waals surface area contributed by atoms with Gasteiger partial charge in [0, 0.05) is 17.8 Å². The fourth-order valence-electron chi connectivity index (χ4n) is 3.84. The number of hydrogen-bond acceptors (Lipinski definition) is 5. The van der Waals surface area contributed by atoms with E-state index >= 15 is 0 Å². The summed E-state index contributed by atoms with van der Waals surface area (Å²) in [5, 5.41) is 7.34. The standard InChI is InChI=1S/C25H28N4O3/c1-15(2)14-29-17(4)21(22(26-25(29)30)18-8-6-16(3)7-9-18)24-27-23(28-32-24)19-10-12-20(31-5)13-11-19/h6-13,15,22H,14H2,1-5H3,(H,26,30). The van der Waals surface area contributed by atoms with Crippen LogP contribution in [0.5, 0.6) is 5.75 Å². The number of nitrogens with one attached hydrogen (secondary N) is 1. The number of hydrogen-bond donors (Lipinski definition) is 1. The van der Waals surface area contributed by atoms with Crippen molar-refractivity contribution in [2.75, 3.05) is 13.7 Å². The molecule has 2 amide bonds. The van der Waals surface area contributed by atoms with Crippen LogP contribution in [-0.4, -0.2) is 34.7 Å².